The van der Waals surface area contributed by atoms with E-state index in [1.165, 1.54) is 12.1 Å². The zero-order chi connectivity index (χ0) is 18.7. The molecule has 0 aliphatic heterocycles. The third-order valence-corrected chi connectivity index (χ3v) is 4.25. The Labute approximate surface area is 151 Å². The Hall–Kier alpha value is -2.82. The van der Waals surface area contributed by atoms with Crippen molar-refractivity contribution in [2.45, 2.75) is 13.3 Å². The van der Waals surface area contributed by atoms with Crippen LogP contribution in [0.1, 0.15) is 13.3 Å². The highest BCUT2D eigenvalue weighted by Gasteiger charge is 2.43. The molecule has 1 fully saturated rings. The van der Waals surface area contributed by atoms with Crippen LogP contribution in [0.2, 0.25) is 0 Å². The van der Waals surface area contributed by atoms with Crippen LogP contribution in [0.4, 0.5) is 4.39 Å². The van der Waals surface area contributed by atoms with Gasteiger partial charge < -0.3 is 14.6 Å². The summed E-state index contributed by atoms with van der Waals surface area (Å²) in [6.07, 6.45) is 0.670. The number of aliphatic carboxylic acids is 1. The van der Waals surface area contributed by atoms with Crippen molar-refractivity contribution in [3.63, 3.8) is 0 Å². The first-order valence-corrected chi connectivity index (χ1v) is 8.46. The number of rotatable bonds is 8. The first kappa shape index (κ1) is 18.0. The van der Waals surface area contributed by atoms with Gasteiger partial charge >= 0.3 is 5.97 Å². The van der Waals surface area contributed by atoms with E-state index in [9.17, 15) is 9.18 Å². The zero-order valence-corrected chi connectivity index (χ0v) is 14.6. The van der Waals surface area contributed by atoms with Gasteiger partial charge in [0.05, 0.1) is 12.5 Å². The third-order valence-electron chi connectivity index (χ3n) is 4.25. The second-order valence-electron chi connectivity index (χ2n) is 6.70. The predicted octanol–water partition coefficient (Wildman–Crippen LogP) is 4.55. The van der Waals surface area contributed by atoms with E-state index >= 15 is 0 Å². The molecule has 1 N–H and O–H groups in total. The predicted molar refractivity (Wildman–Crippen MR) is 96.9 cm³/mol. The molecule has 1 aliphatic carbocycles. The maximum atomic E-state index is 13.9. The minimum atomic E-state index is -0.760. The topological polar surface area (TPSA) is 55.8 Å². The fraction of sp³-hybridized carbons (Fsp3) is 0.286. The maximum absolute atomic E-state index is 13.9. The van der Waals surface area contributed by atoms with Crippen molar-refractivity contribution in [3.05, 3.63) is 60.4 Å². The number of carboxylic acids is 1. The van der Waals surface area contributed by atoms with E-state index in [2.05, 4.69) is 6.58 Å². The van der Waals surface area contributed by atoms with Crippen molar-refractivity contribution < 1.29 is 23.8 Å². The molecule has 1 saturated carbocycles. The van der Waals surface area contributed by atoms with Gasteiger partial charge in [0, 0.05) is 12.0 Å². The van der Waals surface area contributed by atoms with Gasteiger partial charge in [0.15, 0.2) is 0 Å². The van der Waals surface area contributed by atoms with Gasteiger partial charge in [-0.25, -0.2) is 4.39 Å². The van der Waals surface area contributed by atoms with Gasteiger partial charge in [-0.1, -0.05) is 18.7 Å². The molecular formula is C21H21FO4. The van der Waals surface area contributed by atoms with Gasteiger partial charge in [-0.15, -0.1) is 0 Å². The third kappa shape index (κ3) is 4.63. The molecule has 5 heteroatoms. The molecule has 0 radical (unpaired) electrons. The summed E-state index contributed by atoms with van der Waals surface area (Å²) >= 11 is 0. The van der Waals surface area contributed by atoms with Crippen LogP contribution < -0.4 is 9.47 Å². The number of carboxylic acid groups (broad SMARTS) is 1. The smallest absolute Gasteiger partial charge is 0.306 e. The monoisotopic (exact) mass is 356 g/mol. The van der Waals surface area contributed by atoms with Gasteiger partial charge in [-0.05, 0) is 54.3 Å². The maximum Gasteiger partial charge on any atom is 0.306 e. The van der Waals surface area contributed by atoms with E-state index in [-0.39, 0.29) is 17.7 Å². The largest absolute Gasteiger partial charge is 0.493 e. The van der Waals surface area contributed by atoms with E-state index < -0.39 is 5.97 Å². The van der Waals surface area contributed by atoms with Crippen molar-refractivity contribution in [2.75, 3.05) is 13.2 Å². The Bertz CT molecular complexity index is 813. The molecule has 4 nitrogen and oxygen atoms in total. The van der Waals surface area contributed by atoms with Crippen LogP contribution >= 0.6 is 0 Å². The molecule has 1 aliphatic rings. The molecule has 2 aromatic carbocycles. The van der Waals surface area contributed by atoms with E-state index in [1.807, 2.05) is 19.1 Å². The number of ether oxygens (including phenoxy) is 2. The number of carbonyl (C=O) groups is 1. The van der Waals surface area contributed by atoms with Crippen LogP contribution in [0, 0.1) is 17.7 Å². The van der Waals surface area contributed by atoms with Crippen LogP contribution in [0.3, 0.4) is 0 Å². The summed E-state index contributed by atoms with van der Waals surface area (Å²) in [5, 5.41) is 8.90. The molecule has 2 aromatic rings. The summed E-state index contributed by atoms with van der Waals surface area (Å²) < 4.78 is 25.0. The minimum absolute atomic E-state index is 0.0865. The number of benzene rings is 2. The van der Waals surface area contributed by atoms with Crippen LogP contribution in [0.25, 0.3) is 11.1 Å². The lowest BCUT2D eigenvalue weighted by Gasteiger charge is -2.10. The highest BCUT2D eigenvalue weighted by molar-refractivity contribution is 5.73. The van der Waals surface area contributed by atoms with Crippen molar-refractivity contribution in [3.8, 4) is 22.6 Å². The molecule has 26 heavy (non-hydrogen) atoms. The average Bonchev–Trinajstić information content (AvgIpc) is 3.38. The Kier molecular flexibility index (Phi) is 5.26. The Morgan fingerprint density at radius 1 is 1.15 bits per heavy atom. The first-order valence-electron chi connectivity index (χ1n) is 8.46. The first-order chi connectivity index (χ1) is 12.4. The average molecular weight is 356 g/mol. The molecule has 0 spiro atoms. The molecule has 3 rings (SSSR count). The molecule has 0 bridgehead atoms. The zero-order valence-electron chi connectivity index (χ0n) is 14.6. The summed E-state index contributed by atoms with van der Waals surface area (Å²) in [6.45, 7) is 6.35. The lowest BCUT2D eigenvalue weighted by atomic mass is 10.1. The van der Waals surface area contributed by atoms with E-state index in [4.69, 9.17) is 14.6 Å². The van der Waals surface area contributed by atoms with Crippen LogP contribution in [0.5, 0.6) is 11.5 Å². The second kappa shape index (κ2) is 7.60. The summed E-state index contributed by atoms with van der Waals surface area (Å²) in [5.41, 5.74) is 2.41. The summed E-state index contributed by atoms with van der Waals surface area (Å²) in [5.74, 6) is -0.197. The molecule has 0 saturated heterocycles. The normalized spacial score (nSPS) is 18.2. The van der Waals surface area contributed by atoms with Crippen molar-refractivity contribution in [2.24, 2.45) is 11.8 Å². The van der Waals surface area contributed by atoms with Gasteiger partial charge in [-0.2, -0.15) is 0 Å². The fourth-order valence-corrected chi connectivity index (χ4v) is 2.70. The van der Waals surface area contributed by atoms with Crippen LogP contribution in [-0.2, 0) is 4.79 Å². The molecule has 0 unspecified atom stereocenters. The lowest BCUT2D eigenvalue weighted by Crippen LogP contribution is -2.06. The summed E-state index contributed by atoms with van der Waals surface area (Å²) in [4.78, 5) is 10.8. The Morgan fingerprint density at radius 2 is 1.88 bits per heavy atom. The Morgan fingerprint density at radius 3 is 2.50 bits per heavy atom. The highest BCUT2D eigenvalue weighted by atomic mass is 19.1. The number of halogens is 1. The van der Waals surface area contributed by atoms with Crippen LogP contribution in [-0.4, -0.2) is 24.3 Å². The lowest BCUT2D eigenvalue weighted by molar-refractivity contribution is -0.138. The van der Waals surface area contributed by atoms with E-state index in [1.54, 1.807) is 18.2 Å². The van der Waals surface area contributed by atoms with Crippen molar-refractivity contribution >= 4 is 5.97 Å². The molecule has 0 heterocycles. The van der Waals surface area contributed by atoms with Gasteiger partial charge in [0.25, 0.3) is 0 Å². The van der Waals surface area contributed by atoms with Gasteiger partial charge in [0.2, 0.25) is 0 Å². The standard InChI is InChI=1S/C21H21FO4/c1-13(2)11-25-19-8-15(7-17(22)10-19)14-3-5-18(6-4-14)26-12-16-9-20(16)21(23)24/h3-8,10,16,20H,1,9,11-12H2,2H3,(H,23,24)/t16-,20+/m0/s1. The van der Waals surface area contributed by atoms with Gasteiger partial charge in [-0.3, -0.25) is 4.79 Å². The quantitative estimate of drug-likeness (QED) is 0.705. The second-order valence-corrected chi connectivity index (χ2v) is 6.70. The molecular weight excluding hydrogens is 335 g/mol. The number of hydrogen-bond acceptors (Lipinski definition) is 3. The number of hydrogen-bond donors (Lipinski definition) is 1. The minimum Gasteiger partial charge on any atom is -0.493 e. The van der Waals surface area contributed by atoms with E-state index in [0.29, 0.717) is 36.7 Å². The summed E-state index contributed by atoms with van der Waals surface area (Å²) in [6, 6.07) is 11.9. The highest BCUT2D eigenvalue weighted by Crippen LogP contribution is 2.39. The molecule has 0 aromatic heterocycles. The molecule has 2 atom stereocenters. The van der Waals surface area contributed by atoms with Crippen LogP contribution in [0.15, 0.2) is 54.6 Å². The fourth-order valence-electron chi connectivity index (χ4n) is 2.70. The van der Waals surface area contributed by atoms with Crippen molar-refractivity contribution in [1.29, 1.82) is 0 Å². The van der Waals surface area contributed by atoms with Gasteiger partial charge in [0.1, 0.15) is 23.9 Å². The molecule has 0 amide bonds. The van der Waals surface area contributed by atoms with E-state index in [0.717, 1.165) is 11.1 Å². The molecule has 136 valence electrons. The summed E-state index contributed by atoms with van der Waals surface area (Å²) in [7, 11) is 0. The van der Waals surface area contributed by atoms with Crippen molar-refractivity contribution in [1.82, 2.24) is 0 Å². The SMILES string of the molecule is C=C(C)COc1cc(F)cc(-c2ccc(OC[C@@H]3C[C@H]3C(=O)O)cc2)c1. The Balaban J connectivity index is 1.64.